The molecule has 0 unspecified atom stereocenters. The Bertz CT molecular complexity index is 1830. The molecule has 0 aliphatic carbocycles. The second kappa shape index (κ2) is 10.7. The summed E-state index contributed by atoms with van der Waals surface area (Å²) >= 11 is 0. The van der Waals surface area contributed by atoms with E-state index in [-0.39, 0.29) is 16.6 Å². The van der Waals surface area contributed by atoms with Crippen LogP contribution < -0.4 is 10.1 Å². The Morgan fingerprint density at radius 3 is 2.46 bits per heavy atom. The van der Waals surface area contributed by atoms with Gasteiger partial charge in [-0.2, -0.15) is 0 Å². The summed E-state index contributed by atoms with van der Waals surface area (Å²) in [5, 5.41) is 8.48. The summed E-state index contributed by atoms with van der Waals surface area (Å²) in [6.45, 7) is 3.66. The lowest BCUT2D eigenvalue weighted by Gasteiger charge is -2.22. The number of pyridine rings is 2. The number of methoxy groups -OCH3 is 1. The van der Waals surface area contributed by atoms with E-state index in [1.165, 1.54) is 30.6 Å². The third kappa shape index (κ3) is 4.97. The minimum Gasteiger partial charge on any atom is -0.479 e. The highest BCUT2D eigenvalue weighted by molar-refractivity contribution is 7.90. The second-order valence-electron chi connectivity index (χ2n) is 10.0. The average molecular weight is 579 g/mol. The largest absolute Gasteiger partial charge is 0.479 e. The molecular weight excluding hydrogens is 550 g/mol. The first kappa shape index (κ1) is 27.0. The number of hydrogen-bond donors (Lipinski definition) is 1. The number of ether oxygens (including phenoxy) is 1. The normalized spacial score (nSPS) is 14.7. The van der Waals surface area contributed by atoms with Crippen molar-refractivity contribution in [2.24, 2.45) is 0 Å². The van der Waals surface area contributed by atoms with Crippen molar-refractivity contribution in [3.63, 3.8) is 0 Å². The topological polar surface area (TPSA) is 104 Å². The van der Waals surface area contributed by atoms with Crippen LogP contribution >= 0.6 is 0 Å². The molecule has 212 valence electrons. The van der Waals surface area contributed by atoms with Crippen molar-refractivity contribution in [3.8, 4) is 28.1 Å². The van der Waals surface area contributed by atoms with Gasteiger partial charge in [-0.25, -0.2) is 26.2 Å². The molecule has 12 heteroatoms. The smallest absolute Gasteiger partial charge is 0.280 e. The van der Waals surface area contributed by atoms with Crippen LogP contribution in [-0.4, -0.2) is 52.3 Å². The van der Waals surface area contributed by atoms with Gasteiger partial charge >= 0.3 is 0 Å². The van der Waals surface area contributed by atoms with E-state index in [1.54, 1.807) is 37.6 Å². The van der Waals surface area contributed by atoms with Crippen LogP contribution in [0.15, 0.2) is 72.1 Å². The molecule has 9 nitrogen and oxygen atoms in total. The minimum atomic E-state index is -4.05. The van der Waals surface area contributed by atoms with Crippen LogP contribution in [0, 0.1) is 6.92 Å². The second-order valence-corrected chi connectivity index (χ2v) is 11.9. The predicted molar refractivity (Wildman–Crippen MR) is 151 cm³/mol. The number of rotatable bonds is 7. The number of halogens is 2. The van der Waals surface area contributed by atoms with Gasteiger partial charge in [0.1, 0.15) is 5.69 Å². The van der Waals surface area contributed by atoms with E-state index in [9.17, 15) is 17.2 Å². The Hall–Kier alpha value is -4.16. The summed E-state index contributed by atoms with van der Waals surface area (Å²) in [5.74, 6) is 0.418. The van der Waals surface area contributed by atoms with Crippen molar-refractivity contribution in [2.75, 3.05) is 20.2 Å². The third-order valence-corrected chi connectivity index (χ3v) is 9.05. The zero-order valence-corrected chi connectivity index (χ0v) is 23.3. The number of nitrogens with zero attached hydrogens (tertiary/aromatic N) is 5. The van der Waals surface area contributed by atoms with Crippen molar-refractivity contribution in [2.45, 2.75) is 37.1 Å². The highest BCUT2D eigenvalue weighted by atomic mass is 32.2. The minimum absolute atomic E-state index is 0.0883. The predicted octanol–water partition coefficient (Wildman–Crippen LogP) is 5.38. The fourth-order valence-corrected chi connectivity index (χ4v) is 6.51. The molecule has 0 amide bonds. The van der Waals surface area contributed by atoms with E-state index < -0.39 is 22.1 Å². The van der Waals surface area contributed by atoms with E-state index in [0.717, 1.165) is 35.5 Å². The van der Waals surface area contributed by atoms with Gasteiger partial charge in [0.25, 0.3) is 16.4 Å². The van der Waals surface area contributed by atoms with Gasteiger partial charge in [-0.3, -0.25) is 9.67 Å². The first-order chi connectivity index (χ1) is 19.8. The summed E-state index contributed by atoms with van der Waals surface area (Å²) in [7, 11) is -2.51. The molecule has 0 radical (unpaired) electrons. The van der Waals surface area contributed by atoms with Gasteiger partial charge in [-0.15, -0.1) is 5.10 Å². The lowest BCUT2D eigenvalue weighted by Crippen LogP contribution is -2.29. The molecule has 0 saturated carbocycles. The zero-order valence-electron chi connectivity index (χ0n) is 22.5. The molecule has 1 fully saturated rings. The lowest BCUT2D eigenvalue weighted by atomic mass is 10.0. The maximum absolute atomic E-state index is 13.8. The standard InChI is InChI=1S/C29H28F2N6O3S/c1-18-3-5-22(6-4-18)41(38,39)37-17-24(19-7-12-33-26(14-19)27(30)31)23-13-20(15-34-28(23)37)25-16-36(35-29(25)40-2)21-8-10-32-11-9-21/h3-7,12-17,21,27,32H,8-11H2,1-2H3. The third-order valence-electron chi connectivity index (χ3n) is 7.39. The Kier molecular flexibility index (Phi) is 7.04. The maximum Gasteiger partial charge on any atom is 0.280 e. The quantitative estimate of drug-likeness (QED) is 0.277. The van der Waals surface area contributed by atoms with Gasteiger partial charge in [0.2, 0.25) is 5.88 Å². The molecule has 1 aromatic carbocycles. The molecule has 6 rings (SSSR count). The SMILES string of the molecule is COc1nn(C2CCNCC2)cc1-c1cnc2c(c1)c(-c1ccnc(C(F)F)c1)cn2S(=O)(=O)c1ccc(C)cc1. The van der Waals surface area contributed by atoms with E-state index in [2.05, 4.69) is 20.4 Å². The molecule has 41 heavy (non-hydrogen) atoms. The van der Waals surface area contributed by atoms with E-state index >= 15 is 0 Å². The number of hydrogen-bond acceptors (Lipinski definition) is 7. The van der Waals surface area contributed by atoms with Crippen LogP contribution in [-0.2, 0) is 10.0 Å². The Balaban J connectivity index is 1.54. The van der Waals surface area contributed by atoms with Gasteiger partial charge < -0.3 is 10.1 Å². The zero-order chi connectivity index (χ0) is 28.7. The van der Waals surface area contributed by atoms with Crippen molar-refractivity contribution in [1.29, 1.82) is 0 Å². The van der Waals surface area contributed by atoms with Crippen LogP contribution in [0.4, 0.5) is 8.78 Å². The van der Waals surface area contributed by atoms with Crippen LogP contribution in [0.25, 0.3) is 33.3 Å². The summed E-state index contributed by atoms with van der Waals surface area (Å²) in [6.07, 6.45) is 5.29. The Morgan fingerprint density at radius 2 is 1.76 bits per heavy atom. The highest BCUT2D eigenvalue weighted by Gasteiger charge is 2.25. The van der Waals surface area contributed by atoms with Crippen molar-refractivity contribution in [1.82, 2.24) is 29.0 Å². The monoisotopic (exact) mass is 578 g/mol. The maximum atomic E-state index is 13.8. The highest BCUT2D eigenvalue weighted by Crippen LogP contribution is 2.38. The number of alkyl halides is 2. The van der Waals surface area contributed by atoms with Crippen LogP contribution in [0.5, 0.6) is 5.88 Å². The molecule has 1 saturated heterocycles. The fourth-order valence-electron chi connectivity index (χ4n) is 5.18. The van der Waals surface area contributed by atoms with E-state index in [0.29, 0.717) is 33.5 Å². The number of nitrogens with one attached hydrogen (secondary N) is 1. The van der Waals surface area contributed by atoms with Gasteiger partial charge in [0.15, 0.2) is 5.65 Å². The number of aromatic nitrogens is 5. The molecule has 0 bridgehead atoms. The number of aryl methyl sites for hydroxylation is 1. The van der Waals surface area contributed by atoms with Crippen LogP contribution in [0.1, 0.15) is 36.6 Å². The molecule has 0 atom stereocenters. The van der Waals surface area contributed by atoms with Crippen LogP contribution in [0.3, 0.4) is 0 Å². The number of piperidine rings is 1. The van der Waals surface area contributed by atoms with Gasteiger partial charge in [-0.05, 0) is 68.8 Å². The summed E-state index contributed by atoms with van der Waals surface area (Å²) in [5.41, 5.74) is 2.87. The molecule has 0 spiro atoms. The van der Waals surface area contributed by atoms with Gasteiger partial charge in [0, 0.05) is 41.3 Å². The first-order valence-corrected chi connectivity index (χ1v) is 14.6. The average Bonchev–Trinajstić information content (AvgIpc) is 3.60. The molecule has 1 aliphatic heterocycles. The van der Waals surface area contributed by atoms with Crippen molar-refractivity contribution < 1.29 is 21.9 Å². The molecule has 5 aromatic rings. The fraction of sp³-hybridized carbons (Fsp3) is 0.276. The number of fused-ring (bicyclic) bond motifs is 1. The number of benzene rings is 1. The van der Waals surface area contributed by atoms with Gasteiger partial charge in [-0.1, -0.05) is 17.7 Å². The molecule has 1 aliphatic rings. The van der Waals surface area contributed by atoms with E-state index in [1.807, 2.05) is 17.8 Å². The summed E-state index contributed by atoms with van der Waals surface area (Å²) < 4.78 is 63.2. The van der Waals surface area contributed by atoms with Gasteiger partial charge in [0.05, 0.1) is 23.6 Å². The Labute approximate surface area is 235 Å². The van der Waals surface area contributed by atoms with Crippen molar-refractivity contribution >= 4 is 21.1 Å². The molecule has 1 N–H and O–H groups in total. The molecule has 5 heterocycles. The Morgan fingerprint density at radius 1 is 1.00 bits per heavy atom. The van der Waals surface area contributed by atoms with Crippen LogP contribution in [0.2, 0.25) is 0 Å². The first-order valence-electron chi connectivity index (χ1n) is 13.2. The van der Waals surface area contributed by atoms with E-state index in [4.69, 9.17) is 4.74 Å². The van der Waals surface area contributed by atoms with Crippen molar-refractivity contribution in [3.05, 3.63) is 78.5 Å². The summed E-state index contributed by atoms with van der Waals surface area (Å²) in [6, 6.07) is 11.4. The lowest BCUT2D eigenvalue weighted by molar-refractivity contribution is 0.146. The molecular formula is C29H28F2N6O3S. The molecule has 4 aromatic heterocycles. The summed E-state index contributed by atoms with van der Waals surface area (Å²) in [4.78, 5) is 8.44.